The van der Waals surface area contributed by atoms with Crippen LogP contribution in [0, 0.1) is 5.82 Å². The van der Waals surface area contributed by atoms with Crippen molar-refractivity contribution in [3.63, 3.8) is 0 Å². The van der Waals surface area contributed by atoms with Crippen LogP contribution in [0.5, 0.6) is 0 Å². The van der Waals surface area contributed by atoms with Gasteiger partial charge in [0.15, 0.2) is 0 Å². The smallest absolute Gasteiger partial charge is 0.208 e. The SMILES string of the molecule is CN(C)[C@@H](CNS(C)(=O)=O)c1cccc(F)c1. The van der Waals surface area contributed by atoms with Gasteiger partial charge in [-0.05, 0) is 31.8 Å². The van der Waals surface area contributed by atoms with Crippen molar-refractivity contribution in [2.75, 3.05) is 26.9 Å². The zero-order chi connectivity index (χ0) is 13.1. The van der Waals surface area contributed by atoms with Crippen molar-refractivity contribution in [2.24, 2.45) is 0 Å². The Morgan fingerprint density at radius 2 is 2.06 bits per heavy atom. The summed E-state index contributed by atoms with van der Waals surface area (Å²) in [4.78, 5) is 1.84. The number of rotatable bonds is 5. The van der Waals surface area contributed by atoms with E-state index in [4.69, 9.17) is 0 Å². The Labute approximate surface area is 101 Å². The zero-order valence-corrected chi connectivity index (χ0v) is 11.0. The van der Waals surface area contributed by atoms with Crippen molar-refractivity contribution in [1.82, 2.24) is 9.62 Å². The highest BCUT2D eigenvalue weighted by Crippen LogP contribution is 2.18. The van der Waals surface area contributed by atoms with Crippen LogP contribution in [0.2, 0.25) is 0 Å². The topological polar surface area (TPSA) is 49.4 Å². The van der Waals surface area contributed by atoms with Crippen molar-refractivity contribution in [3.05, 3.63) is 35.6 Å². The summed E-state index contributed by atoms with van der Waals surface area (Å²) in [5.74, 6) is -0.325. The maximum absolute atomic E-state index is 13.1. The summed E-state index contributed by atoms with van der Waals surface area (Å²) in [7, 11) is 0.397. The van der Waals surface area contributed by atoms with Crippen LogP contribution in [0.1, 0.15) is 11.6 Å². The maximum Gasteiger partial charge on any atom is 0.208 e. The molecule has 0 heterocycles. The van der Waals surface area contributed by atoms with E-state index in [1.54, 1.807) is 12.1 Å². The van der Waals surface area contributed by atoms with Gasteiger partial charge in [0.2, 0.25) is 10.0 Å². The molecule has 0 aliphatic heterocycles. The lowest BCUT2D eigenvalue weighted by Crippen LogP contribution is -2.34. The fraction of sp³-hybridized carbons (Fsp3) is 0.455. The van der Waals surface area contributed by atoms with E-state index >= 15 is 0 Å². The molecule has 0 aliphatic carbocycles. The van der Waals surface area contributed by atoms with Crippen LogP contribution in [-0.2, 0) is 10.0 Å². The zero-order valence-electron chi connectivity index (χ0n) is 10.1. The van der Waals surface area contributed by atoms with Gasteiger partial charge in [0.25, 0.3) is 0 Å². The molecule has 0 bridgehead atoms. The Balaban J connectivity index is 2.87. The summed E-state index contributed by atoms with van der Waals surface area (Å²) in [5.41, 5.74) is 0.742. The van der Waals surface area contributed by atoms with Gasteiger partial charge in [-0.15, -0.1) is 0 Å². The van der Waals surface area contributed by atoms with Crippen molar-refractivity contribution >= 4 is 10.0 Å². The summed E-state index contributed by atoms with van der Waals surface area (Å²) in [6.07, 6.45) is 1.10. The minimum absolute atomic E-state index is 0.194. The first kappa shape index (κ1) is 14.1. The number of hydrogen-bond donors (Lipinski definition) is 1. The summed E-state index contributed by atoms with van der Waals surface area (Å²) in [6, 6.07) is 5.97. The quantitative estimate of drug-likeness (QED) is 0.858. The number of halogens is 1. The number of nitrogens with one attached hydrogen (secondary N) is 1. The molecular formula is C11H17FN2O2S. The second kappa shape index (κ2) is 5.57. The monoisotopic (exact) mass is 260 g/mol. The third kappa shape index (κ3) is 4.80. The van der Waals surface area contributed by atoms with Gasteiger partial charge in [-0.25, -0.2) is 17.5 Å². The van der Waals surface area contributed by atoms with E-state index < -0.39 is 10.0 Å². The van der Waals surface area contributed by atoms with Crippen LogP contribution in [0.4, 0.5) is 4.39 Å². The second-order valence-electron chi connectivity index (χ2n) is 4.16. The normalized spacial score (nSPS) is 13.9. The van der Waals surface area contributed by atoms with Crippen molar-refractivity contribution in [1.29, 1.82) is 0 Å². The van der Waals surface area contributed by atoms with Crippen LogP contribution in [0.15, 0.2) is 24.3 Å². The van der Waals surface area contributed by atoms with Crippen molar-refractivity contribution in [3.8, 4) is 0 Å². The molecule has 1 aromatic rings. The van der Waals surface area contributed by atoms with Crippen LogP contribution >= 0.6 is 0 Å². The molecule has 0 unspecified atom stereocenters. The molecule has 0 amide bonds. The van der Waals surface area contributed by atoms with E-state index in [-0.39, 0.29) is 18.4 Å². The van der Waals surface area contributed by atoms with Gasteiger partial charge in [0, 0.05) is 12.6 Å². The predicted octanol–water partition coefficient (Wildman–Crippen LogP) is 0.978. The molecule has 0 saturated carbocycles. The molecule has 96 valence electrons. The van der Waals surface area contributed by atoms with E-state index in [1.807, 2.05) is 19.0 Å². The fourth-order valence-electron chi connectivity index (χ4n) is 1.54. The van der Waals surface area contributed by atoms with Gasteiger partial charge in [-0.2, -0.15) is 0 Å². The standard InChI is InChI=1S/C11H17FN2O2S/c1-14(2)11(8-13-17(3,15)16)9-5-4-6-10(12)7-9/h4-7,11,13H,8H2,1-3H3/t11-/m0/s1. The van der Waals surface area contributed by atoms with E-state index in [2.05, 4.69) is 4.72 Å². The first-order valence-corrected chi connectivity index (χ1v) is 7.05. The van der Waals surface area contributed by atoms with Gasteiger partial charge in [0.1, 0.15) is 5.82 Å². The molecule has 1 N–H and O–H groups in total. The third-order valence-electron chi connectivity index (χ3n) is 2.40. The maximum atomic E-state index is 13.1. The number of sulfonamides is 1. The van der Waals surface area contributed by atoms with Gasteiger partial charge in [0.05, 0.1) is 6.26 Å². The summed E-state index contributed by atoms with van der Waals surface area (Å²) >= 11 is 0. The van der Waals surface area contributed by atoms with Crippen LogP contribution in [-0.4, -0.2) is 40.2 Å². The summed E-state index contributed by atoms with van der Waals surface area (Å²) in [5, 5.41) is 0. The van der Waals surface area contributed by atoms with Gasteiger partial charge in [-0.3, -0.25) is 0 Å². The lowest BCUT2D eigenvalue weighted by atomic mass is 10.1. The number of likely N-dealkylation sites (N-methyl/N-ethyl adjacent to an activating group) is 1. The van der Waals surface area contributed by atoms with Crippen LogP contribution in [0.25, 0.3) is 0 Å². The predicted molar refractivity (Wildman–Crippen MR) is 65.7 cm³/mol. The van der Waals surface area contributed by atoms with Crippen molar-refractivity contribution < 1.29 is 12.8 Å². The van der Waals surface area contributed by atoms with Gasteiger partial charge < -0.3 is 4.90 Å². The molecule has 0 radical (unpaired) electrons. The molecule has 1 atom stereocenters. The van der Waals surface area contributed by atoms with Crippen LogP contribution < -0.4 is 4.72 Å². The molecule has 4 nitrogen and oxygen atoms in total. The van der Waals surface area contributed by atoms with Gasteiger partial charge >= 0.3 is 0 Å². The lowest BCUT2D eigenvalue weighted by Gasteiger charge is -2.24. The largest absolute Gasteiger partial charge is 0.301 e. The fourth-order valence-corrected chi connectivity index (χ4v) is 2.00. The van der Waals surface area contributed by atoms with E-state index in [0.29, 0.717) is 0 Å². The molecule has 0 spiro atoms. The van der Waals surface area contributed by atoms with E-state index in [1.165, 1.54) is 12.1 Å². The number of benzene rings is 1. The average Bonchev–Trinajstić information content (AvgIpc) is 2.15. The molecule has 0 fully saturated rings. The number of nitrogens with zero attached hydrogens (tertiary/aromatic N) is 1. The Bertz CT molecular complexity index is 474. The number of hydrogen-bond acceptors (Lipinski definition) is 3. The minimum atomic E-state index is -3.24. The first-order chi connectivity index (χ1) is 7.79. The second-order valence-corrected chi connectivity index (χ2v) is 5.99. The van der Waals surface area contributed by atoms with E-state index in [0.717, 1.165) is 11.8 Å². The summed E-state index contributed by atoms with van der Waals surface area (Å²) in [6.45, 7) is 0.218. The molecule has 6 heteroatoms. The highest BCUT2D eigenvalue weighted by Gasteiger charge is 2.16. The minimum Gasteiger partial charge on any atom is -0.301 e. The average molecular weight is 260 g/mol. The molecule has 0 aliphatic rings. The molecule has 0 saturated heterocycles. The Morgan fingerprint density at radius 1 is 1.41 bits per heavy atom. The van der Waals surface area contributed by atoms with Gasteiger partial charge in [-0.1, -0.05) is 12.1 Å². The van der Waals surface area contributed by atoms with Crippen molar-refractivity contribution in [2.45, 2.75) is 6.04 Å². The lowest BCUT2D eigenvalue weighted by molar-refractivity contribution is 0.299. The molecule has 1 aromatic carbocycles. The molecule has 1 rings (SSSR count). The molecule has 17 heavy (non-hydrogen) atoms. The highest BCUT2D eigenvalue weighted by atomic mass is 32.2. The third-order valence-corrected chi connectivity index (χ3v) is 3.09. The Hall–Kier alpha value is -0.980. The summed E-state index contributed by atoms with van der Waals surface area (Å²) < 4.78 is 37.6. The Kier molecular flexibility index (Phi) is 4.62. The Morgan fingerprint density at radius 3 is 2.53 bits per heavy atom. The molecule has 0 aromatic heterocycles. The van der Waals surface area contributed by atoms with E-state index in [9.17, 15) is 12.8 Å². The first-order valence-electron chi connectivity index (χ1n) is 5.16. The van der Waals surface area contributed by atoms with Crippen LogP contribution in [0.3, 0.4) is 0 Å². The molecular weight excluding hydrogens is 243 g/mol. The highest BCUT2D eigenvalue weighted by molar-refractivity contribution is 7.88.